The maximum atomic E-state index is 5.81. The van der Waals surface area contributed by atoms with E-state index in [4.69, 9.17) is 10.5 Å². The van der Waals surface area contributed by atoms with E-state index in [1.54, 1.807) is 0 Å². The first kappa shape index (κ1) is 13.4. The molecule has 0 spiro atoms. The van der Waals surface area contributed by atoms with Crippen molar-refractivity contribution in [1.29, 1.82) is 0 Å². The van der Waals surface area contributed by atoms with Crippen LogP contribution in [0, 0.1) is 0 Å². The quantitative estimate of drug-likeness (QED) is 0.833. The average molecular weight is 248 g/mol. The number of ether oxygens (including phenoxy) is 1. The Morgan fingerprint density at radius 2 is 2.00 bits per heavy atom. The third-order valence-corrected chi connectivity index (χ3v) is 3.98. The van der Waals surface area contributed by atoms with E-state index < -0.39 is 0 Å². The monoisotopic (exact) mass is 248 g/mol. The number of methoxy groups -OCH3 is 1. The van der Waals surface area contributed by atoms with Gasteiger partial charge in [-0.1, -0.05) is 12.1 Å². The molecule has 0 heterocycles. The number of anilines is 1. The molecule has 1 fully saturated rings. The van der Waals surface area contributed by atoms with Crippen molar-refractivity contribution in [2.45, 2.75) is 44.4 Å². The number of rotatable bonds is 4. The van der Waals surface area contributed by atoms with Crippen molar-refractivity contribution in [1.82, 2.24) is 4.90 Å². The molecule has 0 aliphatic heterocycles. The Morgan fingerprint density at radius 3 is 2.61 bits per heavy atom. The lowest BCUT2D eigenvalue weighted by Gasteiger charge is -2.34. The van der Waals surface area contributed by atoms with Crippen LogP contribution in [0.3, 0.4) is 0 Å². The third kappa shape index (κ3) is 3.47. The van der Waals surface area contributed by atoms with Crippen LogP contribution in [-0.2, 0) is 11.3 Å². The standard InChI is InChI=1S/C15H24N2O/c1-17(11-12-4-3-5-13(16)10-12)14-6-8-15(18-2)9-7-14/h3-5,10,14-15H,6-9,11,16H2,1-2H3. The molecule has 3 heteroatoms. The van der Waals surface area contributed by atoms with Crippen molar-refractivity contribution >= 4 is 5.69 Å². The number of nitrogens with two attached hydrogens (primary N) is 1. The second-order valence-corrected chi connectivity index (χ2v) is 5.33. The van der Waals surface area contributed by atoms with E-state index in [9.17, 15) is 0 Å². The van der Waals surface area contributed by atoms with Gasteiger partial charge in [0, 0.05) is 25.4 Å². The van der Waals surface area contributed by atoms with Crippen molar-refractivity contribution in [2.24, 2.45) is 0 Å². The molecule has 1 aliphatic carbocycles. The molecule has 1 saturated carbocycles. The van der Waals surface area contributed by atoms with Gasteiger partial charge in [0.15, 0.2) is 0 Å². The molecule has 1 aromatic rings. The van der Waals surface area contributed by atoms with E-state index in [1.165, 1.54) is 31.2 Å². The molecule has 2 N–H and O–H groups in total. The Labute approximate surface area is 110 Å². The Kier molecular flexibility index (Phi) is 4.61. The molecule has 0 atom stereocenters. The first-order valence-electron chi connectivity index (χ1n) is 6.76. The first-order valence-corrected chi connectivity index (χ1v) is 6.76. The van der Waals surface area contributed by atoms with Crippen molar-refractivity contribution in [2.75, 3.05) is 19.9 Å². The minimum atomic E-state index is 0.474. The molecule has 0 radical (unpaired) electrons. The zero-order valence-corrected chi connectivity index (χ0v) is 11.4. The molecular weight excluding hydrogens is 224 g/mol. The maximum Gasteiger partial charge on any atom is 0.0572 e. The summed E-state index contributed by atoms with van der Waals surface area (Å²) in [6.45, 7) is 0.980. The summed E-state index contributed by atoms with van der Waals surface area (Å²) in [7, 11) is 4.03. The molecule has 1 aliphatic rings. The minimum absolute atomic E-state index is 0.474. The van der Waals surface area contributed by atoms with Gasteiger partial charge in [0.2, 0.25) is 0 Å². The van der Waals surface area contributed by atoms with Crippen LogP contribution in [0.5, 0.6) is 0 Å². The van der Waals surface area contributed by atoms with Crippen LogP contribution in [-0.4, -0.2) is 31.2 Å². The van der Waals surface area contributed by atoms with Gasteiger partial charge in [-0.3, -0.25) is 4.90 Å². The summed E-state index contributed by atoms with van der Waals surface area (Å²) >= 11 is 0. The molecule has 0 unspecified atom stereocenters. The Hall–Kier alpha value is -1.06. The summed E-state index contributed by atoms with van der Waals surface area (Å²) < 4.78 is 5.42. The van der Waals surface area contributed by atoms with Gasteiger partial charge in [0.1, 0.15) is 0 Å². The van der Waals surface area contributed by atoms with E-state index in [0.717, 1.165) is 12.2 Å². The number of hydrogen-bond acceptors (Lipinski definition) is 3. The van der Waals surface area contributed by atoms with Crippen molar-refractivity contribution in [3.63, 3.8) is 0 Å². The predicted molar refractivity (Wildman–Crippen MR) is 75.4 cm³/mol. The molecule has 0 amide bonds. The van der Waals surface area contributed by atoms with Crippen LogP contribution in [0.4, 0.5) is 5.69 Å². The number of nitrogen functional groups attached to an aromatic ring is 1. The fourth-order valence-electron chi connectivity index (χ4n) is 2.83. The topological polar surface area (TPSA) is 38.5 Å². The summed E-state index contributed by atoms with van der Waals surface area (Å²) in [5, 5.41) is 0. The zero-order valence-electron chi connectivity index (χ0n) is 11.4. The number of hydrogen-bond donors (Lipinski definition) is 1. The highest BCUT2D eigenvalue weighted by molar-refractivity contribution is 5.40. The minimum Gasteiger partial charge on any atom is -0.399 e. The van der Waals surface area contributed by atoms with Crippen molar-refractivity contribution < 1.29 is 4.74 Å². The van der Waals surface area contributed by atoms with Gasteiger partial charge in [0.05, 0.1) is 6.10 Å². The van der Waals surface area contributed by atoms with Crippen LogP contribution in [0.1, 0.15) is 31.2 Å². The SMILES string of the molecule is COC1CCC(N(C)Cc2cccc(N)c2)CC1. The normalized spacial score (nSPS) is 24.4. The molecule has 100 valence electrons. The van der Waals surface area contributed by atoms with E-state index in [1.807, 2.05) is 19.2 Å². The predicted octanol–water partition coefficient (Wildman–Crippen LogP) is 2.66. The Bertz CT molecular complexity index is 373. The van der Waals surface area contributed by atoms with Crippen LogP contribution in [0.25, 0.3) is 0 Å². The fraction of sp³-hybridized carbons (Fsp3) is 0.600. The Balaban J connectivity index is 1.87. The van der Waals surface area contributed by atoms with Crippen LogP contribution in [0.15, 0.2) is 24.3 Å². The summed E-state index contributed by atoms with van der Waals surface area (Å²) in [6, 6.07) is 8.86. The van der Waals surface area contributed by atoms with Crippen LogP contribution in [0.2, 0.25) is 0 Å². The van der Waals surface area contributed by atoms with Crippen molar-refractivity contribution in [3.05, 3.63) is 29.8 Å². The molecule has 0 bridgehead atoms. The maximum absolute atomic E-state index is 5.81. The van der Waals surface area contributed by atoms with Gasteiger partial charge in [-0.25, -0.2) is 0 Å². The first-order chi connectivity index (χ1) is 8.69. The molecule has 2 rings (SSSR count). The van der Waals surface area contributed by atoms with E-state index in [0.29, 0.717) is 12.1 Å². The lowest BCUT2D eigenvalue weighted by molar-refractivity contribution is 0.0427. The van der Waals surface area contributed by atoms with E-state index in [2.05, 4.69) is 24.1 Å². The second kappa shape index (κ2) is 6.21. The lowest BCUT2D eigenvalue weighted by Crippen LogP contribution is -2.36. The third-order valence-electron chi connectivity index (χ3n) is 3.98. The number of benzene rings is 1. The van der Waals surface area contributed by atoms with Gasteiger partial charge in [-0.2, -0.15) is 0 Å². The molecule has 0 saturated heterocycles. The molecule has 18 heavy (non-hydrogen) atoms. The molecule has 3 nitrogen and oxygen atoms in total. The van der Waals surface area contributed by atoms with Crippen LogP contribution >= 0.6 is 0 Å². The summed E-state index contributed by atoms with van der Waals surface area (Å²) in [4.78, 5) is 2.45. The molecule has 1 aromatic carbocycles. The van der Waals surface area contributed by atoms with Gasteiger partial charge in [-0.05, 0) is 50.4 Å². The zero-order chi connectivity index (χ0) is 13.0. The van der Waals surface area contributed by atoms with E-state index in [-0.39, 0.29) is 0 Å². The van der Waals surface area contributed by atoms with Gasteiger partial charge in [-0.15, -0.1) is 0 Å². The lowest BCUT2D eigenvalue weighted by atomic mass is 9.92. The van der Waals surface area contributed by atoms with Crippen LogP contribution < -0.4 is 5.73 Å². The second-order valence-electron chi connectivity index (χ2n) is 5.33. The smallest absolute Gasteiger partial charge is 0.0572 e. The summed E-state index contributed by atoms with van der Waals surface area (Å²) in [5.74, 6) is 0. The summed E-state index contributed by atoms with van der Waals surface area (Å²) in [5.41, 5.74) is 7.96. The largest absolute Gasteiger partial charge is 0.399 e. The average Bonchev–Trinajstić information content (AvgIpc) is 2.39. The molecule has 0 aromatic heterocycles. The number of nitrogens with zero attached hydrogens (tertiary/aromatic N) is 1. The fourth-order valence-corrected chi connectivity index (χ4v) is 2.83. The molecular formula is C15H24N2O. The van der Waals surface area contributed by atoms with Gasteiger partial charge < -0.3 is 10.5 Å². The highest BCUT2D eigenvalue weighted by Gasteiger charge is 2.23. The van der Waals surface area contributed by atoms with Gasteiger partial charge >= 0.3 is 0 Å². The van der Waals surface area contributed by atoms with Gasteiger partial charge in [0.25, 0.3) is 0 Å². The highest BCUT2D eigenvalue weighted by atomic mass is 16.5. The highest BCUT2D eigenvalue weighted by Crippen LogP contribution is 2.25. The Morgan fingerprint density at radius 1 is 1.28 bits per heavy atom. The van der Waals surface area contributed by atoms with E-state index >= 15 is 0 Å². The summed E-state index contributed by atoms with van der Waals surface area (Å²) in [6.07, 6.45) is 5.31. The van der Waals surface area contributed by atoms with Crippen molar-refractivity contribution in [3.8, 4) is 0 Å².